The number of aliphatic hydroxyl groups is 2. The molecule has 0 spiro atoms. The fraction of sp³-hybridized carbons (Fsp3) is 0.853. The predicted molar refractivity (Wildman–Crippen MR) is 232 cm³/mol. The van der Waals surface area contributed by atoms with Crippen molar-refractivity contribution < 1.29 is 61.4 Å². The first-order valence-electron chi connectivity index (χ1n) is 20.4. The molecule has 0 aromatic carbocycles. The van der Waals surface area contributed by atoms with Gasteiger partial charge in [-0.15, -0.1) is 0 Å². The zero-order valence-electron chi connectivity index (χ0n) is 37.6. The van der Waals surface area contributed by atoms with Gasteiger partial charge in [0.25, 0.3) is 5.56 Å². The summed E-state index contributed by atoms with van der Waals surface area (Å²) in [5.41, 5.74) is 4.50. The molecule has 60 heavy (non-hydrogen) atoms. The van der Waals surface area contributed by atoms with Crippen LogP contribution in [0.4, 0.5) is 5.95 Å². The van der Waals surface area contributed by atoms with E-state index in [2.05, 4.69) is 131 Å². The lowest BCUT2D eigenvalue weighted by Crippen LogP contribution is -2.33. The van der Waals surface area contributed by atoms with Crippen LogP contribution < -0.4 is 11.3 Å². The van der Waals surface area contributed by atoms with Crippen molar-refractivity contribution in [3.05, 3.63) is 16.7 Å². The smallest absolute Gasteiger partial charge is 0.387 e. The molecule has 2 unspecified atom stereocenters. The van der Waals surface area contributed by atoms with Crippen LogP contribution in [-0.4, -0.2) is 172 Å². The van der Waals surface area contributed by atoms with Gasteiger partial charge in [0, 0.05) is 0 Å². The van der Waals surface area contributed by atoms with Gasteiger partial charge in [-0.25, -0.2) is 18.7 Å². The molecule has 3 heterocycles. The first-order valence-corrected chi connectivity index (χ1v) is 24.9. The Morgan fingerprint density at radius 2 is 1.07 bits per heavy atom. The molecule has 0 saturated carbocycles. The third-order valence-electron chi connectivity index (χ3n) is 9.25. The molecule has 356 valence electrons. The number of aromatic nitrogens is 4. The molecule has 6 atom stereocenters. The number of nitrogens with zero attached hydrogens (tertiary/aromatic N) is 7. The van der Waals surface area contributed by atoms with Gasteiger partial charge in [-0.1, -0.05) is 83.1 Å². The summed E-state index contributed by atoms with van der Waals surface area (Å²) in [5, 5.41) is 20.4. The average molecular weight is 928 g/mol. The van der Waals surface area contributed by atoms with Crippen molar-refractivity contribution in [1.29, 1.82) is 0 Å². The van der Waals surface area contributed by atoms with Crippen LogP contribution in [0.2, 0.25) is 0 Å². The monoisotopic (exact) mass is 927 g/mol. The third kappa shape index (κ3) is 23.6. The van der Waals surface area contributed by atoms with Gasteiger partial charge in [0.05, 0.1) is 12.9 Å². The number of hydrogen-bond donors (Lipinski definition) is 8. The minimum Gasteiger partial charge on any atom is -0.387 e. The molecule has 1 aliphatic rings. The number of ether oxygens (including phenoxy) is 1. The van der Waals surface area contributed by atoms with E-state index in [0.717, 1.165) is 10.9 Å². The van der Waals surface area contributed by atoms with Crippen molar-refractivity contribution in [2.45, 2.75) is 108 Å². The van der Waals surface area contributed by atoms with Crippen molar-refractivity contribution in [2.75, 3.05) is 90.9 Å². The number of phosphoric ester groups is 1. The lowest BCUT2D eigenvalue weighted by atomic mass is 10.1. The summed E-state index contributed by atoms with van der Waals surface area (Å²) < 4.78 is 51.6. The fourth-order valence-corrected chi connectivity index (χ4v) is 8.41. The van der Waals surface area contributed by atoms with Gasteiger partial charge in [-0.2, -0.15) is 13.6 Å². The van der Waals surface area contributed by atoms with Crippen LogP contribution in [0.3, 0.4) is 0 Å². The summed E-state index contributed by atoms with van der Waals surface area (Å²) >= 11 is 0. The molecule has 0 aliphatic carbocycles. The molecule has 0 radical (unpaired) electrons. The van der Waals surface area contributed by atoms with Crippen molar-refractivity contribution in [2.24, 2.45) is 0 Å². The quantitative estimate of drug-likeness (QED) is 0.0885. The Hall–Kier alpha value is -1.72. The minimum atomic E-state index is -5.73. The Morgan fingerprint density at radius 3 is 1.40 bits per heavy atom. The maximum atomic E-state index is 11.9. The third-order valence-corrected chi connectivity index (χ3v) is 13.0. The van der Waals surface area contributed by atoms with Crippen LogP contribution in [0.1, 0.15) is 89.3 Å². The molecule has 1 saturated heterocycles. The highest BCUT2D eigenvalue weighted by Crippen LogP contribution is 2.66. The van der Waals surface area contributed by atoms with Gasteiger partial charge in [-0.05, 0) is 78.5 Å². The fourth-order valence-electron chi connectivity index (χ4n) is 5.38. The first-order chi connectivity index (χ1) is 28.0. The molecule has 2 aromatic rings. The van der Waals surface area contributed by atoms with Crippen molar-refractivity contribution >= 4 is 40.6 Å². The number of nitrogens with one attached hydrogen (secondary N) is 1. The Balaban J connectivity index is 0. The number of nitrogens with two attached hydrogens (primary N) is 1. The number of imidazole rings is 1. The Kier molecular flexibility index (Phi) is 31.4. The summed E-state index contributed by atoms with van der Waals surface area (Å²) in [5.74, 6) is -0.276. The highest BCUT2D eigenvalue weighted by Gasteiger charge is 2.47. The molecule has 3 rings (SSSR count). The molecule has 2 aromatic heterocycles. The van der Waals surface area contributed by atoms with Crippen LogP contribution >= 0.6 is 23.5 Å². The van der Waals surface area contributed by atoms with Crippen LogP contribution in [-0.2, 0) is 31.6 Å². The van der Waals surface area contributed by atoms with E-state index in [1.807, 2.05) is 0 Å². The first kappa shape index (κ1) is 60.4. The number of aromatic amines is 1. The van der Waals surface area contributed by atoms with Crippen LogP contribution in [0.5, 0.6) is 0 Å². The van der Waals surface area contributed by atoms with Gasteiger partial charge >= 0.3 is 23.5 Å². The number of nitrogen functional groups attached to an aromatic ring is 1. The Labute approximate surface area is 355 Å². The average Bonchev–Trinajstić information content (AvgIpc) is 3.72. The lowest BCUT2D eigenvalue weighted by Gasteiger charge is -2.19. The highest BCUT2D eigenvalue weighted by molar-refractivity contribution is 7.66. The number of fused-ring (bicyclic) bond motifs is 1. The maximum Gasteiger partial charge on any atom is 0.490 e. The molecule has 0 bridgehead atoms. The Morgan fingerprint density at radius 1 is 0.683 bits per heavy atom. The number of rotatable bonds is 20. The van der Waals surface area contributed by atoms with Gasteiger partial charge in [-0.3, -0.25) is 18.9 Å². The maximum absolute atomic E-state index is 11.9. The summed E-state index contributed by atoms with van der Waals surface area (Å²) in [7, 11) is -16.8. The van der Waals surface area contributed by atoms with E-state index in [4.69, 9.17) is 25.2 Å². The highest BCUT2D eigenvalue weighted by atomic mass is 31.3. The molecule has 0 amide bonds. The zero-order valence-corrected chi connectivity index (χ0v) is 40.3. The molecule has 1 fully saturated rings. The van der Waals surface area contributed by atoms with E-state index in [0.29, 0.717) is 0 Å². The van der Waals surface area contributed by atoms with E-state index in [1.54, 1.807) is 0 Å². The number of phosphoric acid groups is 3. The zero-order chi connectivity index (χ0) is 46.9. The van der Waals surface area contributed by atoms with E-state index in [1.165, 1.54) is 78.5 Å². The molecule has 1 aliphatic heterocycles. The van der Waals surface area contributed by atoms with Gasteiger partial charge in [0.2, 0.25) is 5.95 Å². The number of aliphatic hydroxyl groups excluding tert-OH is 2. The number of H-pyrrole nitrogens is 1. The van der Waals surface area contributed by atoms with Crippen LogP contribution in [0.15, 0.2) is 11.1 Å². The van der Waals surface area contributed by atoms with Crippen LogP contribution in [0.25, 0.3) is 11.2 Å². The lowest BCUT2D eigenvalue weighted by molar-refractivity contribution is -0.0503. The van der Waals surface area contributed by atoms with Crippen molar-refractivity contribution in [1.82, 2.24) is 39.1 Å². The summed E-state index contributed by atoms with van der Waals surface area (Å²) in [4.78, 5) is 66.8. The van der Waals surface area contributed by atoms with Crippen molar-refractivity contribution in [3.63, 3.8) is 0 Å². The summed E-state index contributed by atoms with van der Waals surface area (Å²) in [6.07, 6.45) is -5.33. The standard InChI is InChI=1S/C10H16N5O14P3.4C6H15N/c11-10-13-7-4(8(18)14-10)12-2-15(7)9-6(17)5(16)3(27-9)1-26-31(22,23)29-32(24,25)28-30(19,20)21;4*1-4-7(5-2)6-3/h2-3,5-6,9,16-17H,1H2,(H,22,23)(H,24,25)(H2,19,20,21)(H3,11,13,14,18);4*4-6H2,1-3H3/t3-,5-,6-,9-;;;;/m1..../s1. The van der Waals surface area contributed by atoms with E-state index in [9.17, 15) is 33.6 Å². The molecular weight excluding hydrogens is 851 g/mol. The number of hydrogen-bond acceptors (Lipinski definition) is 17. The van der Waals surface area contributed by atoms with Gasteiger partial charge < -0.3 is 59.9 Å². The van der Waals surface area contributed by atoms with Gasteiger partial charge in [0.1, 0.15) is 18.3 Å². The molecule has 23 nitrogen and oxygen atoms in total. The van der Waals surface area contributed by atoms with E-state index < -0.39 is 60.2 Å². The topological polar surface area (TPSA) is 312 Å². The summed E-state index contributed by atoms with van der Waals surface area (Å²) in [6.45, 7) is 39.5. The van der Waals surface area contributed by atoms with E-state index >= 15 is 0 Å². The minimum absolute atomic E-state index is 0.115. The van der Waals surface area contributed by atoms with E-state index in [-0.39, 0.29) is 17.1 Å². The predicted octanol–water partition coefficient (Wildman–Crippen LogP) is 3.06. The van der Waals surface area contributed by atoms with Crippen LogP contribution in [0, 0.1) is 0 Å². The van der Waals surface area contributed by atoms with Gasteiger partial charge in [0.15, 0.2) is 17.4 Å². The largest absolute Gasteiger partial charge is 0.490 e. The number of anilines is 1. The van der Waals surface area contributed by atoms with Crippen molar-refractivity contribution in [3.8, 4) is 0 Å². The summed E-state index contributed by atoms with van der Waals surface area (Å²) in [6, 6.07) is 0. The molecule has 26 heteroatoms. The second kappa shape index (κ2) is 31.2. The Bertz CT molecular complexity index is 1550. The second-order valence-electron chi connectivity index (χ2n) is 12.7. The molecular formula is C34H76N9O14P3. The second-order valence-corrected chi connectivity index (χ2v) is 17.1. The molecule has 9 N–H and O–H groups in total. The normalized spacial score (nSPS) is 19.7. The SMILES string of the molecule is CCN(CC)CC.CCN(CC)CC.CCN(CC)CC.CCN(CC)CC.Nc1nc2c(ncn2[C@@H]2O[C@H](COP(=O)(O)OP(=O)(O)OP(=O)(O)O)[C@@H](O)[C@H]2O)c(=O)[nH]1.